The molecule has 0 aromatic carbocycles. The lowest BCUT2D eigenvalue weighted by atomic mass is 9.97. The van der Waals surface area contributed by atoms with E-state index in [9.17, 15) is 0 Å². The van der Waals surface area contributed by atoms with E-state index in [-0.39, 0.29) is 12.6 Å². The van der Waals surface area contributed by atoms with Gasteiger partial charge in [-0.3, -0.25) is 0 Å². The maximum absolute atomic E-state index is 9.07. The van der Waals surface area contributed by atoms with Crippen molar-refractivity contribution in [2.45, 2.75) is 38.5 Å². The number of rotatable bonds is 5. The SMILES string of the molecule is B[C@@H](CC)O[C@@H](CO)C(C)O. The molecule has 66 valence electrons. The van der Waals surface area contributed by atoms with Crippen LogP contribution in [0.25, 0.3) is 0 Å². The Labute approximate surface area is 68.8 Å². The number of aliphatic hydroxyl groups is 2. The van der Waals surface area contributed by atoms with E-state index in [1.807, 2.05) is 14.8 Å². The standard InChI is InChI=1S/C7H17BO3/c1-3-7(8)11-6(4-9)5(2)10/h5-7,9-10H,3-4,8H2,1-2H3/t5?,6-,7+/m0/s1. The zero-order valence-electron chi connectivity index (χ0n) is 7.45. The minimum atomic E-state index is -0.603. The van der Waals surface area contributed by atoms with Gasteiger partial charge >= 0.3 is 0 Å². The Morgan fingerprint density at radius 3 is 2.36 bits per heavy atom. The van der Waals surface area contributed by atoms with Gasteiger partial charge in [0.1, 0.15) is 14.0 Å². The van der Waals surface area contributed by atoms with Crippen molar-refractivity contribution >= 4 is 7.85 Å². The molecule has 0 fully saturated rings. The van der Waals surface area contributed by atoms with Crippen LogP contribution in [0.5, 0.6) is 0 Å². The molecule has 0 aromatic rings. The van der Waals surface area contributed by atoms with Gasteiger partial charge in [-0.15, -0.1) is 0 Å². The summed E-state index contributed by atoms with van der Waals surface area (Å²) in [5.41, 5.74) is 0. The lowest BCUT2D eigenvalue weighted by molar-refractivity contribution is -0.0689. The minimum Gasteiger partial charge on any atom is -0.394 e. The molecule has 0 rings (SSSR count). The van der Waals surface area contributed by atoms with Crippen molar-refractivity contribution < 1.29 is 14.9 Å². The smallest absolute Gasteiger partial charge is 0.139 e. The number of hydrogen-bond donors (Lipinski definition) is 2. The summed E-state index contributed by atoms with van der Waals surface area (Å²) in [6.45, 7) is 3.49. The monoisotopic (exact) mass is 160 g/mol. The van der Waals surface area contributed by atoms with Gasteiger partial charge in [0.25, 0.3) is 0 Å². The van der Waals surface area contributed by atoms with E-state index in [0.29, 0.717) is 0 Å². The quantitative estimate of drug-likeness (QED) is 0.513. The molecule has 0 spiro atoms. The van der Waals surface area contributed by atoms with Gasteiger partial charge in [-0.25, -0.2) is 0 Å². The number of aliphatic hydroxyl groups excluding tert-OH is 2. The van der Waals surface area contributed by atoms with Crippen LogP contribution in [0, 0.1) is 0 Å². The molecule has 11 heavy (non-hydrogen) atoms. The van der Waals surface area contributed by atoms with Gasteiger partial charge < -0.3 is 14.9 Å². The van der Waals surface area contributed by atoms with Crippen LogP contribution in [0.4, 0.5) is 0 Å². The molecule has 4 heteroatoms. The molecule has 3 nitrogen and oxygen atoms in total. The molecule has 0 heterocycles. The Balaban J connectivity index is 3.68. The Morgan fingerprint density at radius 2 is 2.09 bits per heavy atom. The Morgan fingerprint density at radius 1 is 1.55 bits per heavy atom. The summed E-state index contributed by atoms with van der Waals surface area (Å²) >= 11 is 0. The second kappa shape index (κ2) is 5.58. The molecule has 0 aliphatic rings. The van der Waals surface area contributed by atoms with Crippen LogP contribution in [0.15, 0.2) is 0 Å². The first-order chi connectivity index (χ1) is 5.11. The first-order valence-electron chi connectivity index (χ1n) is 4.06. The Bertz CT molecular complexity index is 97.7. The topological polar surface area (TPSA) is 49.7 Å². The van der Waals surface area contributed by atoms with Crippen LogP contribution >= 0.6 is 0 Å². The summed E-state index contributed by atoms with van der Waals surface area (Å²) in [6.07, 6.45) is -0.151. The van der Waals surface area contributed by atoms with E-state index in [4.69, 9.17) is 14.9 Å². The lowest BCUT2D eigenvalue weighted by Gasteiger charge is -2.22. The van der Waals surface area contributed by atoms with E-state index in [1.165, 1.54) is 0 Å². The van der Waals surface area contributed by atoms with Gasteiger partial charge in [-0.05, 0) is 13.3 Å². The molecule has 0 aliphatic heterocycles. The molecular weight excluding hydrogens is 143 g/mol. The fraction of sp³-hybridized carbons (Fsp3) is 1.00. The van der Waals surface area contributed by atoms with E-state index >= 15 is 0 Å². The van der Waals surface area contributed by atoms with Crippen LogP contribution in [0.3, 0.4) is 0 Å². The predicted octanol–water partition coefficient (Wildman–Crippen LogP) is -0.886. The highest BCUT2D eigenvalue weighted by Crippen LogP contribution is 2.03. The third-order valence-corrected chi connectivity index (χ3v) is 1.70. The van der Waals surface area contributed by atoms with E-state index in [0.717, 1.165) is 6.42 Å². The van der Waals surface area contributed by atoms with Crippen molar-refractivity contribution in [2.24, 2.45) is 0 Å². The van der Waals surface area contributed by atoms with Crippen molar-refractivity contribution in [2.75, 3.05) is 6.61 Å². The summed E-state index contributed by atoms with van der Waals surface area (Å²) in [7, 11) is 1.92. The molecule has 0 aromatic heterocycles. The van der Waals surface area contributed by atoms with Crippen LogP contribution in [-0.4, -0.2) is 42.9 Å². The van der Waals surface area contributed by atoms with Crippen LogP contribution in [-0.2, 0) is 4.74 Å². The van der Waals surface area contributed by atoms with E-state index < -0.39 is 12.2 Å². The van der Waals surface area contributed by atoms with Gasteiger partial charge in [-0.2, -0.15) is 0 Å². The van der Waals surface area contributed by atoms with Gasteiger partial charge in [0.2, 0.25) is 0 Å². The summed E-state index contributed by atoms with van der Waals surface area (Å²) in [5, 5.41) is 17.8. The van der Waals surface area contributed by atoms with Crippen molar-refractivity contribution in [3.8, 4) is 0 Å². The van der Waals surface area contributed by atoms with Gasteiger partial charge in [0, 0.05) is 6.00 Å². The van der Waals surface area contributed by atoms with Crippen LogP contribution < -0.4 is 0 Å². The van der Waals surface area contributed by atoms with Crippen molar-refractivity contribution in [1.29, 1.82) is 0 Å². The molecule has 2 N–H and O–H groups in total. The average Bonchev–Trinajstić information content (AvgIpc) is 1.99. The summed E-state index contributed by atoms with van der Waals surface area (Å²) in [4.78, 5) is 0. The summed E-state index contributed by atoms with van der Waals surface area (Å²) < 4.78 is 5.31. The van der Waals surface area contributed by atoms with Crippen LogP contribution in [0.2, 0.25) is 0 Å². The second-order valence-corrected chi connectivity index (χ2v) is 2.82. The highest BCUT2D eigenvalue weighted by molar-refractivity contribution is 6.10. The fourth-order valence-electron chi connectivity index (χ4n) is 0.704. The normalized spacial score (nSPS) is 19.3. The average molecular weight is 160 g/mol. The third kappa shape index (κ3) is 4.40. The largest absolute Gasteiger partial charge is 0.394 e. The molecule has 0 radical (unpaired) electrons. The Kier molecular flexibility index (Phi) is 5.55. The highest BCUT2D eigenvalue weighted by atomic mass is 16.5. The zero-order chi connectivity index (χ0) is 8.85. The molecular formula is C7H17BO3. The van der Waals surface area contributed by atoms with Crippen molar-refractivity contribution in [3.05, 3.63) is 0 Å². The molecule has 0 bridgehead atoms. The second-order valence-electron chi connectivity index (χ2n) is 2.82. The van der Waals surface area contributed by atoms with Gasteiger partial charge in [-0.1, -0.05) is 6.92 Å². The first-order valence-corrected chi connectivity index (χ1v) is 4.06. The summed E-state index contributed by atoms with van der Waals surface area (Å²) in [6, 6.07) is 0.0988. The summed E-state index contributed by atoms with van der Waals surface area (Å²) in [5.74, 6) is 0. The van der Waals surface area contributed by atoms with Gasteiger partial charge in [0.05, 0.1) is 12.7 Å². The van der Waals surface area contributed by atoms with E-state index in [1.54, 1.807) is 6.92 Å². The molecule has 0 aliphatic carbocycles. The van der Waals surface area contributed by atoms with Gasteiger partial charge in [0.15, 0.2) is 0 Å². The molecule has 0 amide bonds. The molecule has 3 atom stereocenters. The van der Waals surface area contributed by atoms with Crippen molar-refractivity contribution in [1.82, 2.24) is 0 Å². The van der Waals surface area contributed by atoms with Crippen LogP contribution in [0.1, 0.15) is 20.3 Å². The Hall–Kier alpha value is -0.0551. The fourth-order valence-corrected chi connectivity index (χ4v) is 0.704. The predicted molar refractivity (Wildman–Crippen MR) is 46.3 cm³/mol. The zero-order valence-corrected chi connectivity index (χ0v) is 7.45. The molecule has 1 unspecified atom stereocenters. The molecule has 0 saturated carbocycles. The third-order valence-electron chi connectivity index (χ3n) is 1.70. The molecule has 0 saturated heterocycles. The maximum atomic E-state index is 9.07. The minimum absolute atomic E-state index is 0.0988. The number of hydrogen-bond acceptors (Lipinski definition) is 3. The highest BCUT2D eigenvalue weighted by Gasteiger charge is 2.16. The lowest BCUT2D eigenvalue weighted by Crippen LogP contribution is -2.34. The first kappa shape index (κ1) is 10.9. The maximum Gasteiger partial charge on any atom is 0.139 e. The van der Waals surface area contributed by atoms with E-state index in [2.05, 4.69) is 0 Å². The number of ether oxygens (including phenoxy) is 1. The van der Waals surface area contributed by atoms with Crippen molar-refractivity contribution in [3.63, 3.8) is 0 Å².